The largest absolute Gasteiger partial charge is 0.508 e. The van der Waals surface area contributed by atoms with E-state index < -0.39 is 11.9 Å². The Bertz CT molecular complexity index is 739. The average Bonchev–Trinajstić information content (AvgIpc) is 2.74. The van der Waals surface area contributed by atoms with E-state index in [1.54, 1.807) is 12.1 Å². The summed E-state index contributed by atoms with van der Waals surface area (Å²) >= 11 is 0. The SMILES string of the molecule is O=C(CN1CCOCC1)N1CCC(/C=C/c2cccc(O)c2)CC1.O=C(O)C(=O)O. The second kappa shape index (κ2) is 11.9. The zero-order valence-electron chi connectivity index (χ0n) is 16.8. The molecule has 3 N–H and O–H groups in total. The number of phenolic OH excluding ortho intramolecular Hbond substituents is 1. The van der Waals surface area contributed by atoms with Crippen molar-refractivity contribution in [3.8, 4) is 5.75 Å². The minimum atomic E-state index is -1.82. The Kier molecular flexibility index (Phi) is 9.30. The van der Waals surface area contributed by atoms with Crippen LogP contribution in [-0.4, -0.2) is 88.9 Å². The van der Waals surface area contributed by atoms with Gasteiger partial charge in [-0.3, -0.25) is 9.69 Å². The second-order valence-electron chi connectivity index (χ2n) is 7.17. The predicted octanol–water partition coefficient (Wildman–Crippen LogP) is 1.13. The summed E-state index contributed by atoms with van der Waals surface area (Å²) in [5.74, 6) is -2.61. The summed E-state index contributed by atoms with van der Waals surface area (Å²) in [5.41, 5.74) is 1.01. The van der Waals surface area contributed by atoms with Gasteiger partial charge in [0, 0.05) is 26.2 Å². The summed E-state index contributed by atoms with van der Waals surface area (Å²) in [6, 6.07) is 7.27. The molecule has 1 aromatic carbocycles. The third-order valence-electron chi connectivity index (χ3n) is 4.97. The van der Waals surface area contributed by atoms with Crippen molar-refractivity contribution in [3.05, 3.63) is 35.9 Å². The molecule has 164 valence electrons. The molecule has 0 unspecified atom stereocenters. The normalized spacial score (nSPS) is 17.9. The van der Waals surface area contributed by atoms with Gasteiger partial charge >= 0.3 is 11.9 Å². The number of amides is 1. The molecule has 2 fully saturated rings. The van der Waals surface area contributed by atoms with Gasteiger partial charge in [0.2, 0.25) is 5.91 Å². The van der Waals surface area contributed by atoms with E-state index in [0.29, 0.717) is 18.2 Å². The number of hydrogen-bond acceptors (Lipinski definition) is 6. The fourth-order valence-electron chi connectivity index (χ4n) is 3.27. The molecule has 0 atom stereocenters. The van der Waals surface area contributed by atoms with Gasteiger partial charge in [0.05, 0.1) is 19.8 Å². The Morgan fingerprint density at radius 1 is 1.03 bits per heavy atom. The summed E-state index contributed by atoms with van der Waals surface area (Å²) in [7, 11) is 0. The van der Waals surface area contributed by atoms with Crippen LogP contribution in [0.25, 0.3) is 6.08 Å². The zero-order valence-corrected chi connectivity index (χ0v) is 16.8. The maximum Gasteiger partial charge on any atom is 0.414 e. The first-order valence-electron chi connectivity index (χ1n) is 9.86. The lowest BCUT2D eigenvalue weighted by molar-refractivity contribution is -0.159. The number of aromatic hydroxyl groups is 1. The molecule has 30 heavy (non-hydrogen) atoms. The monoisotopic (exact) mass is 420 g/mol. The van der Waals surface area contributed by atoms with Crippen LogP contribution in [0.4, 0.5) is 0 Å². The molecular formula is C21H28N2O7. The molecule has 1 aromatic rings. The Morgan fingerprint density at radius 2 is 1.67 bits per heavy atom. The van der Waals surface area contributed by atoms with Gasteiger partial charge < -0.3 is 25.0 Å². The highest BCUT2D eigenvalue weighted by atomic mass is 16.5. The number of allylic oxidation sites excluding steroid dienone is 1. The van der Waals surface area contributed by atoms with Crippen molar-refractivity contribution in [3.63, 3.8) is 0 Å². The molecule has 1 amide bonds. The lowest BCUT2D eigenvalue weighted by Crippen LogP contribution is -2.46. The molecule has 0 aromatic heterocycles. The summed E-state index contributed by atoms with van der Waals surface area (Å²) in [5, 5.41) is 24.3. The summed E-state index contributed by atoms with van der Waals surface area (Å²) in [6.07, 6.45) is 6.28. The van der Waals surface area contributed by atoms with Crippen LogP contribution in [0, 0.1) is 5.92 Å². The quantitative estimate of drug-likeness (QED) is 0.619. The van der Waals surface area contributed by atoms with E-state index in [2.05, 4.69) is 17.1 Å². The molecule has 9 heteroatoms. The molecule has 2 heterocycles. The third kappa shape index (κ3) is 8.22. The molecule has 9 nitrogen and oxygen atoms in total. The minimum absolute atomic E-state index is 0.243. The number of carboxylic acid groups (broad SMARTS) is 2. The first kappa shape index (κ1) is 23.4. The van der Waals surface area contributed by atoms with Crippen molar-refractivity contribution in [1.29, 1.82) is 0 Å². The highest BCUT2D eigenvalue weighted by Gasteiger charge is 2.23. The highest BCUT2D eigenvalue weighted by Crippen LogP contribution is 2.21. The summed E-state index contributed by atoms with van der Waals surface area (Å²) in [6.45, 7) is 5.36. The topological polar surface area (TPSA) is 128 Å². The molecule has 0 bridgehead atoms. The van der Waals surface area contributed by atoms with E-state index in [4.69, 9.17) is 24.5 Å². The van der Waals surface area contributed by atoms with E-state index in [-0.39, 0.29) is 5.91 Å². The van der Waals surface area contributed by atoms with Gasteiger partial charge in [0.1, 0.15) is 5.75 Å². The Balaban J connectivity index is 0.000000469. The van der Waals surface area contributed by atoms with E-state index >= 15 is 0 Å². The van der Waals surface area contributed by atoms with Gasteiger partial charge in [0.25, 0.3) is 0 Å². The highest BCUT2D eigenvalue weighted by molar-refractivity contribution is 6.27. The van der Waals surface area contributed by atoms with Crippen LogP contribution in [0.3, 0.4) is 0 Å². The van der Waals surface area contributed by atoms with Gasteiger partial charge in [-0.15, -0.1) is 0 Å². The van der Waals surface area contributed by atoms with Gasteiger partial charge in [-0.25, -0.2) is 9.59 Å². The number of benzene rings is 1. The van der Waals surface area contributed by atoms with Crippen molar-refractivity contribution in [2.24, 2.45) is 5.92 Å². The van der Waals surface area contributed by atoms with Gasteiger partial charge in [0.15, 0.2) is 0 Å². The van der Waals surface area contributed by atoms with Crippen LogP contribution in [-0.2, 0) is 19.1 Å². The van der Waals surface area contributed by atoms with Crippen molar-refractivity contribution in [2.45, 2.75) is 12.8 Å². The number of aliphatic carboxylic acids is 2. The number of hydrogen-bond donors (Lipinski definition) is 3. The Hall–Kier alpha value is -2.91. The minimum Gasteiger partial charge on any atom is -0.508 e. The zero-order chi connectivity index (χ0) is 21.9. The van der Waals surface area contributed by atoms with Crippen molar-refractivity contribution >= 4 is 23.9 Å². The number of likely N-dealkylation sites (tertiary alicyclic amines) is 1. The van der Waals surface area contributed by atoms with Gasteiger partial charge in [-0.2, -0.15) is 0 Å². The van der Waals surface area contributed by atoms with Crippen LogP contribution in [0.2, 0.25) is 0 Å². The first-order chi connectivity index (χ1) is 14.3. The maximum atomic E-state index is 12.4. The second-order valence-corrected chi connectivity index (χ2v) is 7.17. The number of ether oxygens (including phenoxy) is 1. The molecule has 0 aliphatic carbocycles. The average molecular weight is 420 g/mol. The van der Waals surface area contributed by atoms with Crippen LogP contribution in [0.5, 0.6) is 5.75 Å². The molecule has 0 spiro atoms. The summed E-state index contributed by atoms with van der Waals surface area (Å²) in [4.78, 5) is 34.8. The molecular weight excluding hydrogens is 392 g/mol. The molecule has 0 radical (unpaired) electrons. The third-order valence-corrected chi connectivity index (χ3v) is 4.97. The fraction of sp³-hybridized carbons (Fsp3) is 0.476. The molecule has 0 saturated carbocycles. The number of rotatable bonds is 4. The number of carbonyl (C=O) groups excluding carboxylic acids is 1. The van der Waals surface area contributed by atoms with Gasteiger partial charge in [-0.05, 0) is 36.5 Å². The molecule has 2 aliphatic rings. The number of carboxylic acids is 2. The van der Waals surface area contributed by atoms with Gasteiger partial charge in [-0.1, -0.05) is 24.3 Å². The van der Waals surface area contributed by atoms with E-state index in [1.165, 1.54) is 0 Å². The smallest absolute Gasteiger partial charge is 0.414 e. The number of carbonyl (C=O) groups is 3. The van der Waals surface area contributed by atoms with E-state index in [1.807, 2.05) is 17.0 Å². The number of phenols is 1. The Morgan fingerprint density at radius 3 is 2.23 bits per heavy atom. The lowest BCUT2D eigenvalue weighted by atomic mass is 9.95. The molecule has 2 saturated heterocycles. The molecule has 2 aliphatic heterocycles. The van der Waals surface area contributed by atoms with Crippen LogP contribution in [0.15, 0.2) is 30.3 Å². The molecule has 3 rings (SSSR count). The van der Waals surface area contributed by atoms with Crippen molar-refractivity contribution in [1.82, 2.24) is 9.80 Å². The first-order valence-corrected chi connectivity index (χ1v) is 9.86. The van der Waals surface area contributed by atoms with Crippen molar-refractivity contribution in [2.75, 3.05) is 45.9 Å². The van der Waals surface area contributed by atoms with Crippen LogP contribution < -0.4 is 0 Å². The van der Waals surface area contributed by atoms with Crippen molar-refractivity contribution < 1.29 is 34.4 Å². The standard InChI is InChI=1S/C19H26N2O3.C2H2O4/c22-18-3-1-2-17(14-18)5-4-16-6-8-21(9-7-16)19(23)15-20-10-12-24-13-11-20;3-1(4)2(5)6/h1-5,14,16,22H,6-13,15H2;(H,3,4)(H,5,6)/b5-4+;. The predicted molar refractivity (Wildman–Crippen MR) is 109 cm³/mol. The fourth-order valence-corrected chi connectivity index (χ4v) is 3.27. The van der Waals surface area contributed by atoms with Crippen LogP contribution in [0.1, 0.15) is 18.4 Å². The van der Waals surface area contributed by atoms with E-state index in [0.717, 1.165) is 57.8 Å². The van der Waals surface area contributed by atoms with Crippen LogP contribution >= 0.6 is 0 Å². The summed E-state index contributed by atoms with van der Waals surface area (Å²) < 4.78 is 5.32. The van der Waals surface area contributed by atoms with E-state index in [9.17, 15) is 9.90 Å². The Labute approximate surface area is 175 Å². The number of nitrogens with zero attached hydrogens (tertiary/aromatic N) is 2. The number of piperidine rings is 1. The number of morpholine rings is 1. The maximum absolute atomic E-state index is 12.4. The lowest BCUT2D eigenvalue weighted by Gasteiger charge is -2.33.